The van der Waals surface area contributed by atoms with Crippen molar-refractivity contribution in [1.29, 1.82) is 0 Å². The number of rotatable bonds is 6. The molecule has 7 nitrogen and oxygen atoms in total. The smallest absolute Gasteiger partial charge is 0.225 e. The maximum atomic E-state index is 12.9. The molecule has 1 aromatic carbocycles. The molecule has 3 aromatic heterocycles. The number of fused-ring (bicyclic) bond motifs is 2. The summed E-state index contributed by atoms with van der Waals surface area (Å²) in [6, 6.07) is 11.5. The largest absolute Gasteiger partial charge is 0.486 e. The lowest BCUT2D eigenvalue weighted by atomic mass is 10.1. The van der Waals surface area contributed by atoms with Crippen molar-refractivity contribution in [2.45, 2.75) is 26.5 Å². The Bertz CT molecular complexity index is 1260. The molecule has 1 aliphatic rings. The number of benzene rings is 1. The van der Waals surface area contributed by atoms with E-state index in [1.807, 2.05) is 55.6 Å². The van der Waals surface area contributed by atoms with E-state index in [1.165, 1.54) is 17.7 Å². The Morgan fingerprint density at radius 2 is 2.06 bits per heavy atom. The van der Waals surface area contributed by atoms with Gasteiger partial charge in [-0.1, -0.05) is 12.1 Å². The van der Waals surface area contributed by atoms with Gasteiger partial charge in [0.2, 0.25) is 11.7 Å². The van der Waals surface area contributed by atoms with Crippen LogP contribution in [0.15, 0.2) is 48.1 Å². The molecule has 5 rings (SSSR count). The van der Waals surface area contributed by atoms with Crippen LogP contribution in [0.5, 0.6) is 17.4 Å². The molecule has 0 unspecified atom stereocenters. The molecule has 0 bridgehead atoms. The summed E-state index contributed by atoms with van der Waals surface area (Å²) < 4.78 is 19.7. The summed E-state index contributed by atoms with van der Waals surface area (Å²) in [7, 11) is 0. The van der Waals surface area contributed by atoms with Crippen LogP contribution in [0, 0.1) is 13.8 Å². The van der Waals surface area contributed by atoms with Crippen LogP contribution in [0.2, 0.25) is 0 Å². The van der Waals surface area contributed by atoms with E-state index in [9.17, 15) is 4.79 Å². The lowest BCUT2D eigenvalue weighted by Crippen LogP contribution is -2.33. The minimum absolute atomic E-state index is 0.0807. The van der Waals surface area contributed by atoms with Gasteiger partial charge in [-0.2, -0.15) is 0 Å². The van der Waals surface area contributed by atoms with Gasteiger partial charge in [-0.25, -0.2) is 9.97 Å². The SMILES string of the molecule is Cc1cc(C(=O)COc2ncnc3sccc23)c(C)n1C[C@@H]1COc2ccccc2O1. The molecular formula is C23H21N3O4S. The molecule has 0 aliphatic carbocycles. The van der Waals surface area contributed by atoms with Crippen molar-refractivity contribution in [1.82, 2.24) is 14.5 Å². The van der Waals surface area contributed by atoms with Crippen molar-refractivity contribution < 1.29 is 19.0 Å². The molecule has 1 aliphatic heterocycles. The fourth-order valence-corrected chi connectivity index (χ4v) is 4.54. The third kappa shape index (κ3) is 3.74. The molecule has 4 aromatic rings. The Kier molecular flexibility index (Phi) is 5.07. The molecule has 31 heavy (non-hydrogen) atoms. The quantitative estimate of drug-likeness (QED) is 0.422. The van der Waals surface area contributed by atoms with Crippen LogP contribution >= 0.6 is 11.3 Å². The van der Waals surface area contributed by atoms with E-state index < -0.39 is 0 Å². The van der Waals surface area contributed by atoms with Gasteiger partial charge in [0.1, 0.15) is 17.8 Å². The topological polar surface area (TPSA) is 75.5 Å². The highest BCUT2D eigenvalue weighted by molar-refractivity contribution is 7.16. The Morgan fingerprint density at radius 3 is 2.94 bits per heavy atom. The number of ether oxygens (including phenoxy) is 3. The van der Waals surface area contributed by atoms with E-state index in [1.54, 1.807) is 0 Å². The summed E-state index contributed by atoms with van der Waals surface area (Å²) in [6.07, 6.45) is 1.32. The average molecular weight is 436 g/mol. The maximum Gasteiger partial charge on any atom is 0.225 e. The van der Waals surface area contributed by atoms with E-state index >= 15 is 0 Å². The highest BCUT2D eigenvalue weighted by atomic mass is 32.1. The predicted octanol–water partition coefficient (Wildman–Crippen LogP) is 4.21. The highest BCUT2D eigenvalue weighted by Crippen LogP contribution is 2.32. The fraction of sp³-hybridized carbons (Fsp3) is 0.261. The number of carbonyl (C=O) groups excluding carboxylic acids is 1. The fourth-order valence-electron chi connectivity index (χ4n) is 3.82. The summed E-state index contributed by atoms with van der Waals surface area (Å²) in [4.78, 5) is 22.1. The standard InChI is InChI=1S/C23H21N3O4S/c1-14-9-18(19(27)12-29-22-17-7-8-31-23(17)25-13-24-22)15(2)26(14)10-16-11-28-20-5-3-4-6-21(20)30-16/h3-9,13,16H,10-12H2,1-2H3/t16-/m1/s1. The molecule has 0 radical (unpaired) electrons. The van der Waals surface area contributed by atoms with Crippen LogP contribution in [0.1, 0.15) is 21.7 Å². The summed E-state index contributed by atoms with van der Waals surface area (Å²) in [5, 5.41) is 2.75. The Morgan fingerprint density at radius 1 is 1.23 bits per heavy atom. The van der Waals surface area contributed by atoms with Gasteiger partial charge < -0.3 is 18.8 Å². The van der Waals surface area contributed by atoms with Crippen LogP contribution in [0.3, 0.4) is 0 Å². The first kappa shape index (κ1) is 19.6. The molecule has 0 N–H and O–H groups in total. The molecule has 0 fully saturated rings. The Hall–Kier alpha value is -3.39. The molecule has 0 saturated heterocycles. The second kappa shape index (κ2) is 8.03. The number of aryl methyl sites for hydroxylation is 1. The maximum absolute atomic E-state index is 12.9. The van der Waals surface area contributed by atoms with E-state index in [-0.39, 0.29) is 18.5 Å². The second-order valence-electron chi connectivity index (χ2n) is 7.42. The van der Waals surface area contributed by atoms with E-state index in [2.05, 4.69) is 14.5 Å². The molecule has 158 valence electrons. The second-order valence-corrected chi connectivity index (χ2v) is 8.32. The average Bonchev–Trinajstić information content (AvgIpc) is 3.38. The third-order valence-electron chi connectivity index (χ3n) is 5.39. The molecular weight excluding hydrogens is 414 g/mol. The zero-order chi connectivity index (χ0) is 21.4. The summed E-state index contributed by atoms with van der Waals surface area (Å²) in [5.41, 5.74) is 2.52. The molecule has 4 heterocycles. The summed E-state index contributed by atoms with van der Waals surface area (Å²) in [5.74, 6) is 1.85. The number of thiophene rings is 1. The number of para-hydroxylation sites is 2. The zero-order valence-electron chi connectivity index (χ0n) is 17.2. The number of Topliss-reactive ketones (excluding diaryl/α,β-unsaturated/α-hetero) is 1. The normalized spacial score (nSPS) is 15.2. The van der Waals surface area contributed by atoms with Crippen molar-refractivity contribution in [3.05, 3.63) is 65.1 Å². The van der Waals surface area contributed by atoms with Gasteiger partial charge in [-0.05, 0) is 43.5 Å². The van der Waals surface area contributed by atoms with Gasteiger partial charge >= 0.3 is 0 Å². The lowest BCUT2D eigenvalue weighted by Gasteiger charge is -2.27. The lowest BCUT2D eigenvalue weighted by molar-refractivity contribution is 0.0777. The van der Waals surface area contributed by atoms with Crippen molar-refractivity contribution in [3.8, 4) is 17.4 Å². The third-order valence-corrected chi connectivity index (χ3v) is 6.21. The molecule has 0 saturated carbocycles. The summed E-state index contributed by atoms with van der Waals surface area (Å²) >= 11 is 1.51. The first-order chi connectivity index (χ1) is 15.1. The molecule has 0 amide bonds. The Balaban J connectivity index is 1.29. The number of hydrogen-bond acceptors (Lipinski definition) is 7. The van der Waals surface area contributed by atoms with Gasteiger partial charge in [-0.15, -0.1) is 11.3 Å². The van der Waals surface area contributed by atoms with Gasteiger partial charge in [-0.3, -0.25) is 4.79 Å². The summed E-state index contributed by atoms with van der Waals surface area (Å²) in [6.45, 7) is 4.91. The number of ketones is 1. The van der Waals surface area contributed by atoms with Crippen molar-refractivity contribution in [2.24, 2.45) is 0 Å². The van der Waals surface area contributed by atoms with E-state index in [0.717, 1.165) is 33.1 Å². The van der Waals surface area contributed by atoms with E-state index in [4.69, 9.17) is 14.2 Å². The number of hydrogen-bond donors (Lipinski definition) is 0. The number of nitrogens with zero attached hydrogens (tertiary/aromatic N) is 3. The van der Waals surface area contributed by atoms with Gasteiger partial charge in [0.05, 0.1) is 11.9 Å². The zero-order valence-corrected chi connectivity index (χ0v) is 18.0. The number of aromatic nitrogens is 3. The first-order valence-corrected chi connectivity index (χ1v) is 10.9. The van der Waals surface area contributed by atoms with Gasteiger partial charge in [0, 0.05) is 17.0 Å². The van der Waals surface area contributed by atoms with Crippen molar-refractivity contribution in [2.75, 3.05) is 13.2 Å². The van der Waals surface area contributed by atoms with Crippen LogP contribution in [0.4, 0.5) is 0 Å². The van der Waals surface area contributed by atoms with Crippen LogP contribution < -0.4 is 14.2 Å². The van der Waals surface area contributed by atoms with Gasteiger partial charge in [0.15, 0.2) is 24.2 Å². The Labute approximate surface area is 183 Å². The monoisotopic (exact) mass is 435 g/mol. The minimum Gasteiger partial charge on any atom is -0.486 e. The van der Waals surface area contributed by atoms with Crippen LogP contribution in [-0.4, -0.2) is 39.6 Å². The molecule has 1 atom stereocenters. The van der Waals surface area contributed by atoms with Crippen LogP contribution in [-0.2, 0) is 6.54 Å². The minimum atomic E-state index is -0.133. The molecule has 0 spiro atoms. The predicted molar refractivity (Wildman–Crippen MR) is 117 cm³/mol. The molecule has 8 heteroatoms. The van der Waals surface area contributed by atoms with E-state index in [0.29, 0.717) is 24.6 Å². The van der Waals surface area contributed by atoms with Crippen LogP contribution in [0.25, 0.3) is 10.2 Å². The van der Waals surface area contributed by atoms with Crippen molar-refractivity contribution in [3.63, 3.8) is 0 Å². The first-order valence-electron chi connectivity index (χ1n) is 9.99. The van der Waals surface area contributed by atoms with Crippen molar-refractivity contribution >= 4 is 27.3 Å². The number of carbonyl (C=O) groups is 1. The van der Waals surface area contributed by atoms with Gasteiger partial charge in [0.25, 0.3) is 0 Å². The highest BCUT2D eigenvalue weighted by Gasteiger charge is 2.24.